The van der Waals surface area contributed by atoms with E-state index < -0.39 is 0 Å². The molecule has 33 heavy (non-hydrogen) atoms. The zero-order valence-corrected chi connectivity index (χ0v) is 19.9. The fourth-order valence-corrected chi connectivity index (χ4v) is 4.02. The van der Waals surface area contributed by atoms with Crippen molar-refractivity contribution in [3.63, 3.8) is 0 Å². The van der Waals surface area contributed by atoms with Crippen LogP contribution in [0.3, 0.4) is 0 Å². The third kappa shape index (κ3) is 7.45. The Morgan fingerprint density at radius 1 is 0.970 bits per heavy atom. The van der Waals surface area contributed by atoms with E-state index in [1.54, 1.807) is 0 Å². The van der Waals surface area contributed by atoms with Crippen molar-refractivity contribution in [2.45, 2.75) is 46.0 Å². The SMILES string of the molecule is CC(C)(C)C(=O)N1CCC(=NOCC(=O)NCCC(c2ccccc2)c2ccccc2)CC1. The molecule has 0 spiro atoms. The van der Waals surface area contributed by atoms with Crippen LogP contribution in [0.1, 0.15) is 57.1 Å². The lowest BCUT2D eigenvalue weighted by Gasteiger charge is -2.32. The number of nitrogens with zero attached hydrogens (tertiary/aromatic N) is 2. The molecule has 0 saturated carbocycles. The smallest absolute Gasteiger partial charge is 0.260 e. The molecule has 176 valence electrons. The summed E-state index contributed by atoms with van der Waals surface area (Å²) >= 11 is 0. The van der Waals surface area contributed by atoms with Crippen molar-refractivity contribution in [3.8, 4) is 0 Å². The van der Waals surface area contributed by atoms with Gasteiger partial charge in [0.1, 0.15) is 0 Å². The Morgan fingerprint density at radius 3 is 2.03 bits per heavy atom. The van der Waals surface area contributed by atoms with E-state index in [0.29, 0.717) is 32.5 Å². The highest BCUT2D eigenvalue weighted by atomic mass is 16.6. The zero-order chi connectivity index (χ0) is 23.7. The molecule has 1 aliphatic heterocycles. The van der Waals surface area contributed by atoms with Gasteiger partial charge in [-0.1, -0.05) is 86.6 Å². The number of likely N-dealkylation sites (tertiary alicyclic amines) is 1. The van der Waals surface area contributed by atoms with Crippen LogP contribution in [0.15, 0.2) is 65.8 Å². The van der Waals surface area contributed by atoms with Gasteiger partial charge < -0.3 is 15.1 Å². The molecule has 0 bridgehead atoms. The topological polar surface area (TPSA) is 71.0 Å². The van der Waals surface area contributed by atoms with Gasteiger partial charge in [0.25, 0.3) is 5.91 Å². The molecule has 3 rings (SSSR count). The summed E-state index contributed by atoms with van der Waals surface area (Å²) in [6.45, 7) is 7.54. The monoisotopic (exact) mass is 449 g/mol. The van der Waals surface area contributed by atoms with Crippen LogP contribution in [0.2, 0.25) is 0 Å². The van der Waals surface area contributed by atoms with Gasteiger partial charge in [0.05, 0.1) is 5.71 Å². The molecule has 1 N–H and O–H groups in total. The lowest BCUT2D eigenvalue weighted by Crippen LogP contribution is -2.44. The van der Waals surface area contributed by atoms with Crippen LogP contribution in [-0.4, -0.2) is 48.7 Å². The van der Waals surface area contributed by atoms with Crippen LogP contribution in [0.25, 0.3) is 0 Å². The van der Waals surface area contributed by atoms with E-state index in [1.165, 1.54) is 11.1 Å². The maximum Gasteiger partial charge on any atom is 0.260 e. The molecule has 0 radical (unpaired) electrons. The Balaban J connectivity index is 1.42. The molecule has 0 atom stereocenters. The van der Waals surface area contributed by atoms with Gasteiger partial charge in [-0.25, -0.2) is 0 Å². The summed E-state index contributed by atoms with van der Waals surface area (Å²) in [5.74, 6) is 0.195. The van der Waals surface area contributed by atoms with Crippen LogP contribution >= 0.6 is 0 Å². The Bertz CT molecular complexity index is 887. The molecule has 0 aliphatic carbocycles. The average molecular weight is 450 g/mol. The van der Waals surface area contributed by atoms with E-state index in [1.807, 2.05) is 62.1 Å². The zero-order valence-electron chi connectivity index (χ0n) is 19.9. The summed E-state index contributed by atoms with van der Waals surface area (Å²) < 4.78 is 0. The molecule has 0 aromatic heterocycles. The van der Waals surface area contributed by atoms with Gasteiger partial charge in [0.15, 0.2) is 6.61 Å². The lowest BCUT2D eigenvalue weighted by molar-refractivity contribution is -0.139. The van der Waals surface area contributed by atoms with Crippen molar-refractivity contribution >= 4 is 17.5 Å². The molecule has 1 fully saturated rings. The largest absolute Gasteiger partial charge is 0.386 e. The fraction of sp³-hybridized carbons (Fsp3) is 0.444. The molecular formula is C27H35N3O3. The first-order valence-corrected chi connectivity index (χ1v) is 11.7. The Morgan fingerprint density at radius 2 is 1.52 bits per heavy atom. The molecule has 2 aromatic rings. The van der Waals surface area contributed by atoms with Crippen molar-refractivity contribution in [2.24, 2.45) is 10.6 Å². The Hall–Kier alpha value is -3.15. The minimum Gasteiger partial charge on any atom is -0.386 e. The van der Waals surface area contributed by atoms with Crippen molar-refractivity contribution in [1.82, 2.24) is 10.2 Å². The van der Waals surface area contributed by atoms with Crippen molar-refractivity contribution in [2.75, 3.05) is 26.2 Å². The summed E-state index contributed by atoms with van der Waals surface area (Å²) in [4.78, 5) is 31.8. The van der Waals surface area contributed by atoms with Crippen molar-refractivity contribution in [3.05, 3.63) is 71.8 Å². The van der Waals surface area contributed by atoms with Gasteiger partial charge in [-0.15, -0.1) is 0 Å². The molecule has 6 nitrogen and oxygen atoms in total. The first kappa shape index (κ1) is 24.5. The number of benzene rings is 2. The van der Waals surface area contributed by atoms with Gasteiger partial charge in [-0.3, -0.25) is 9.59 Å². The van der Waals surface area contributed by atoms with Crippen molar-refractivity contribution < 1.29 is 14.4 Å². The third-order valence-corrected chi connectivity index (χ3v) is 5.82. The molecule has 6 heteroatoms. The van der Waals surface area contributed by atoms with E-state index in [2.05, 4.69) is 34.7 Å². The number of amides is 2. The predicted molar refractivity (Wildman–Crippen MR) is 131 cm³/mol. The van der Waals surface area contributed by atoms with Gasteiger partial charge in [-0.2, -0.15) is 0 Å². The minimum atomic E-state index is -0.372. The number of piperidine rings is 1. The Labute approximate surface area is 197 Å². The van der Waals surface area contributed by atoms with E-state index in [-0.39, 0.29) is 29.8 Å². The quantitative estimate of drug-likeness (QED) is 0.609. The highest BCUT2D eigenvalue weighted by Crippen LogP contribution is 2.27. The highest BCUT2D eigenvalue weighted by molar-refractivity contribution is 5.88. The number of carbonyl (C=O) groups excluding carboxylic acids is 2. The molecular weight excluding hydrogens is 414 g/mol. The number of nitrogens with one attached hydrogen (secondary N) is 1. The number of carbonyl (C=O) groups is 2. The fourth-order valence-electron chi connectivity index (χ4n) is 4.02. The second-order valence-electron chi connectivity index (χ2n) is 9.49. The first-order valence-electron chi connectivity index (χ1n) is 11.7. The molecule has 1 aliphatic rings. The lowest BCUT2D eigenvalue weighted by atomic mass is 9.88. The standard InChI is InChI=1S/C27H35N3O3/c1-27(2,3)26(32)30-18-15-23(16-19-30)29-33-20-25(31)28-17-14-24(21-10-6-4-7-11-21)22-12-8-5-9-13-22/h4-13,24H,14-20H2,1-3H3,(H,28,31). The second-order valence-corrected chi connectivity index (χ2v) is 9.49. The summed E-state index contributed by atoms with van der Waals surface area (Å²) in [6.07, 6.45) is 2.16. The maximum atomic E-state index is 12.4. The predicted octanol–water partition coefficient (Wildman–Crippen LogP) is 4.37. The van der Waals surface area contributed by atoms with Gasteiger partial charge in [0, 0.05) is 43.8 Å². The number of hydrogen-bond donors (Lipinski definition) is 1. The molecule has 2 aromatic carbocycles. The summed E-state index contributed by atoms with van der Waals surface area (Å²) in [5.41, 5.74) is 2.99. The molecule has 1 saturated heterocycles. The minimum absolute atomic E-state index is 0.102. The van der Waals surface area contributed by atoms with Gasteiger partial charge in [-0.05, 0) is 17.5 Å². The molecule has 0 unspecified atom stereocenters. The average Bonchev–Trinajstić information content (AvgIpc) is 2.82. The summed E-state index contributed by atoms with van der Waals surface area (Å²) in [7, 11) is 0. The first-order chi connectivity index (χ1) is 15.8. The molecule has 2 amide bonds. The van der Waals surface area contributed by atoms with Crippen LogP contribution in [0, 0.1) is 5.41 Å². The van der Waals surface area contributed by atoms with E-state index in [0.717, 1.165) is 12.1 Å². The van der Waals surface area contributed by atoms with Crippen LogP contribution in [0.4, 0.5) is 0 Å². The van der Waals surface area contributed by atoms with Crippen LogP contribution in [-0.2, 0) is 14.4 Å². The maximum absolute atomic E-state index is 12.4. The van der Waals surface area contributed by atoms with Gasteiger partial charge >= 0.3 is 0 Å². The van der Waals surface area contributed by atoms with E-state index in [4.69, 9.17) is 4.84 Å². The summed E-state index contributed by atoms with van der Waals surface area (Å²) in [6, 6.07) is 20.7. The van der Waals surface area contributed by atoms with Gasteiger partial charge in [0.2, 0.25) is 5.91 Å². The number of oxime groups is 1. The number of rotatable bonds is 8. The van der Waals surface area contributed by atoms with Crippen LogP contribution in [0.5, 0.6) is 0 Å². The van der Waals surface area contributed by atoms with Crippen molar-refractivity contribution in [1.29, 1.82) is 0 Å². The van der Waals surface area contributed by atoms with E-state index in [9.17, 15) is 9.59 Å². The Kier molecular flexibility index (Phi) is 8.64. The molecule has 1 heterocycles. The number of hydrogen-bond acceptors (Lipinski definition) is 4. The van der Waals surface area contributed by atoms with E-state index >= 15 is 0 Å². The second kappa shape index (κ2) is 11.6. The third-order valence-electron chi connectivity index (χ3n) is 5.82. The highest BCUT2D eigenvalue weighted by Gasteiger charge is 2.29. The normalized spacial score (nSPS) is 14.2. The van der Waals surface area contributed by atoms with Crippen LogP contribution < -0.4 is 5.32 Å². The summed E-state index contributed by atoms with van der Waals surface area (Å²) in [5, 5.41) is 7.08.